The van der Waals surface area contributed by atoms with Crippen molar-refractivity contribution in [1.82, 2.24) is 0 Å². The lowest BCUT2D eigenvalue weighted by atomic mass is 10.1. The first-order chi connectivity index (χ1) is 14.7. The van der Waals surface area contributed by atoms with Crippen LogP contribution in [0.1, 0.15) is 19.4 Å². The van der Waals surface area contributed by atoms with Gasteiger partial charge in [-0.3, -0.25) is 0 Å². The average Bonchev–Trinajstić information content (AvgIpc) is 3.23. The third-order valence-corrected chi connectivity index (χ3v) is 5.00. The van der Waals surface area contributed by atoms with Crippen LogP contribution in [-0.4, -0.2) is 49.9 Å². The highest BCUT2D eigenvalue weighted by atomic mass is 16.8. The second-order valence-corrected chi connectivity index (χ2v) is 7.49. The molecule has 0 saturated carbocycles. The SMILES string of the molecule is COc1cc2oc(=O)cc(COC3=C(O)C(=O)OC3C3COC(C)(C)O3)c2cc1OC. The van der Waals surface area contributed by atoms with Gasteiger partial charge in [-0.25, -0.2) is 9.59 Å². The molecule has 0 radical (unpaired) electrons. The van der Waals surface area contributed by atoms with Crippen LogP contribution in [0.15, 0.2) is 38.9 Å². The summed E-state index contributed by atoms with van der Waals surface area (Å²) in [5.41, 5.74) is 0.127. The number of hydrogen-bond acceptors (Lipinski definition) is 10. The molecule has 3 heterocycles. The summed E-state index contributed by atoms with van der Waals surface area (Å²) in [6.45, 7) is 3.46. The summed E-state index contributed by atoms with van der Waals surface area (Å²) < 4.78 is 38.0. The van der Waals surface area contributed by atoms with Crippen LogP contribution in [0.2, 0.25) is 0 Å². The molecule has 1 aromatic heterocycles. The van der Waals surface area contributed by atoms with E-state index in [0.717, 1.165) is 0 Å². The average molecular weight is 434 g/mol. The largest absolute Gasteiger partial charge is 0.499 e. The van der Waals surface area contributed by atoms with Crippen molar-refractivity contribution in [2.24, 2.45) is 0 Å². The summed E-state index contributed by atoms with van der Waals surface area (Å²) in [4.78, 5) is 24.0. The number of rotatable bonds is 6. The summed E-state index contributed by atoms with van der Waals surface area (Å²) in [5, 5.41) is 10.7. The Morgan fingerprint density at radius 2 is 1.84 bits per heavy atom. The van der Waals surface area contributed by atoms with Crippen molar-refractivity contribution in [2.45, 2.75) is 38.4 Å². The number of aliphatic hydroxyl groups excluding tert-OH is 1. The Kier molecular flexibility index (Phi) is 5.28. The quantitative estimate of drug-likeness (QED) is 0.534. The molecule has 2 aromatic rings. The van der Waals surface area contributed by atoms with E-state index in [-0.39, 0.29) is 24.6 Å². The van der Waals surface area contributed by atoms with E-state index in [0.29, 0.717) is 22.4 Å². The molecule has 166 valence electrons. The van der Waals surface area contributed by atoms with Gasteiger partial charge in [-0.15, -0.1) is 0 Å². The van der Waals surface area contributed by atoms with Gasteiger partial charge in [0.25, 0.3) is 0 Å². The van der Waals surface area contributed by atoms with Crippen molar-refractivity contribution >= 4 is 16.9 Å². The predicted molar refractivity (Wildman–Crippen MR) is 105 cm³/mol. The van der Waals surface area contributed by atoms with Crippen LogP contribution in [0.25, 0.3) is 11.0 Å². The predicted octanol–water partition coefficient (Wildman–Crippen LogP) is 2.17. The van der Waals surface area contributed by atoms with E-state index < -0.39 is 35.3 Å². The Labute approximate surface area is 176 Å². The standard InChI is InChI=1S/C21H22O10/c1-21(2)28-9-15(31-21)18-19(17(23)20(24)30-18)27-8-10-5-16(22)29-12-7-14(26-4)13(25-3)6-11(10)12/h5-7,15,18,23H,8-9H2,1-4H3. The first kappa shape index (κ1) is 21.0. The molecule has 2 unspecified atom stereocenters. The van der Waals surface area contributed by atoms with Crippen LogP contribution in [0, 0.1) is 0 Å². The van der Waals surface area contributed by atoms with Crippen molar-refractivity contribution in [3.63, 3.8) is 0 Å². The number of fused-ring (bicyclic) bond motifs is 1. The van der Waals surface area contributed by atoms with Gasteiger partial charge in [0.15, 0.2) is 29.1 Å². The molecule has 0 spiro atoms. The Bertz CT molecular complexity index is 1110. The van der Waals surface area contributed by atoms with Crippen LogP contribution < -0.4 is 15.1 Å². The van der Waals surface area contributed by atoms with Crippen molar-refractivity contribution < 1.29 is 42.7 Å². The van der Waals surface area contributed by atoms with E-state index in [1.807, 2.05) is 0 Å². The first-order valence-electron chi connectivity index (χ1n) is 9.50. The molecule has 4 rings (SSSR count). The highest BCUT2D eigenvalue weighted by Gasteiger charge is 2.47. The van der Waals surface area contributed by atoms with Crippen LogP contribution in [0.3, 0.4) is 0 Å². The molecule has 1 fully saturated rings. The molecule has 1 aromatic carbocycles. The fourth-order valence-corrected chi connectivity index (χ4v) is 3.55. The summed E-state index contributed by atoms with van der Waals surface area (Å²) in [7, 11) is 2.95. The number of ether oxygens (including phenoxy) is 6. The second kappa shape index (κ2) is 7.78. The molecule has 2 aliphatic rings. The maximum Gasteiger partial charge on any atom is 0.378 e. The Hall–Kier alpha value is -3.24. The third-order valence-electron chi connectivity index (χ3n) is 5.00. The van der Waals surface area contributed by atoms with E-state index in [1.54, 1.807) is 19.9 Å². The number of carbonyl (C=O) groups excluding carboxylic acids is 1. The van der Waals surface area contributed by atoms with Gasteiger partial charge in [0.05, 0.1) is 20.8 Å². The maximum atomic E-state index is 12.0. The number of benzene rings is 1. The van der Waals surface area contributed by atoms with E-state index in [1.165, 1.54) is 26.4 Å². The number of esters is 1. The summed E-state index contributed by atoms with van der Waals surface area (Å²) in [5.74, 6) is -1.68. The van der Waals surface area contributed by atoms with Crippen LogP contribution in [0.5, 0.6) is 11.5 Å². The number of cyclic esters (lactones) is 1. The lowest BCUT2D eigenvalue weighted by Crippen LogP contribution is -2.33. The first-order valence-corrected chi connectivity index (χ1v) is 9.50. The smallest absolute Gasteiger partial charge is 0.378 e. The molecule has 31 heavy (non-hydrogen) atoms. The van der Waals surface area contributed by atoms with E-state index in [4.69, 9.17) is 32.8 Å². The van der Waals surface area contributed by atoms with Crippen molar-refractivity contribution in [3.8, 4) is 11.5 Å². The Balaban J connectivity index is 1.64. The molecular weight excluding hydrogens is 412 g/mol. The third kappa shape index (κ3) is 3.91. The van der Waals surface area contributed by atoms with Gasteiger partial charge in [0.2, 0.25) is 5.76 Å². The van der Waals surface area contributed by atoms with Crippen LogP contribution >= 0.6 is 0 Å². The van der Waals surface area contributed by atoms with Gasteiger partial charge < -0.3 is 37.9 Å². The summed E-state index contributed by atoms with van der Waals surface area (Å²) >= 11 is 0. The highest BCUT2D eigenvalue weighted by molar-refractivity contribution is 5.89. The van der Waals surface area contributed by atoms with Gasteiger partial charge in [0, 0.05) is 23.1 Å². The number of aliphatic hydroxyl groups is 1. The van der Waals surface area contributed by atoms with Gasteiger partial charge in [-0.2, -0.15) is 0 Å². The van der Waals surface area contributed by atoms with E-state index >= 15 is 0 Å². The minimum absolute atomic E-state index is 0.0850. The van der Waals surface area contributed by atoms with Crippen molar-refractivity contribution in [2.75, 3.05) is 20.8 Å². The molecule has 10 nitrogen and oxygen atoms in total. The summed E-state index contributed by atoms with van der Waals surface area (Å²) in [6, 6.07) is 4.44. The lowest BCUT2D eigenvalue weighted by molar-refractivity contribution is -0.163. The zero-order valence-corrected chi connectivity index (χ0v) is 17.4. The molecule has 2 atom stereocenters. The number of hydrogen-bond donors (Lipinski definition) is 1. The second-order valence-electron chi connectivity index (χ2n) is 7.49. The van der Waals surface area contributed by atoms with Crippen LogP contribution in [-0.2, 0) is 30.3 Å². The fourth-order valence-electron chi connectivity index (χ4n) is 3.55. The molecule has 2 aliphatic heterocycles. The van der Waals surface area contributed by atoms with Crippen molar-refractivity contribution in [3.05, 3.63) is 45.7 Å². The molecule has 10 heteroatoms. The molecule has 0 aliphatic carbocycles. The monoisotopic (exact) mass is 434 g/mol. The Morgan fingerprint density at radius 1 is 1.13 bits per heavy atom. The molecule has 0 bridgehead atoms. The number of methoxy groups -OCH3 is 2. The molecule has 0 amide bonds. The van der Waals surface area contributed by atoms with Gasteiger partial charge in [-0.1, -0.05) is 0 Å². The highest BCUT2D eigenvalue weighted by Crippen LogP contribution is 2.35. The fraction of sp³-hybridized carbons (Fsp3) is 0.429. The number of carbonyl (C=O) groups is 1. The lowest BCUT2D eigenvalue weighted by Gasteiger charge is -2.22. The zero-order valence-electron chi connectivity index (χ0n) is 17.4. The molecule has 1 saturated heterocycles. The zero-order chi connectivity index (χ0) is 22.3. The van der Waals surface area contributed by atoms with Crippen molar-refractivity contribution in [1.29, 1.82) is 0 Å². The van der Waals surface area contributed by atoms with Gasteiger partial charge >= 0.3 is 11.6 Å². The van der Waals surface area contributed by atoms with Gasteiger partial charge in [0.1, 0.15) is 18.3 Å². The maximum absolute atomic E-state index is 12.0. The van der Waals surface area contributed by atoms with Gasteiger partial charge in [-0.05, 0) is 19.9 Å². The normalized spacial score (nSPS) is 22.6. The topological polar surface area (TPSA) is 123 Å². The minimum Gasteiger partial charge on any atom is -0.499 e. The Morgan fingerprint density at radius 3 is 2.48 bits per heavy atom. The summed E-state index contributed by atoms with van der Waals surface area (Å²) in [6.07, 6.45) is -1.63. The van der Waals surface area contributed by atoms with E-state index in [2.05, 4.69) is 0 Å². The van der Waals surface area contributed by atoms with Crippen LogP contribution in [0.4, 0.5) is 0 Å². The minimum atomic E-state index is -0.977. The molecule has 1 N–H and O–H groups in total. The van der Waals surface area contributed by atoms with E-state index in [9.17, 15) is 14.7 Å². The molecular formula is C21H22O10.